The second kappa shape index (κ2) is 6.29. The lowest BCUT2D eigenvalue weighted by Gasteiger charge is -2.21. The number of aromatic nitrogens is 2. The highest BCUT2D eigenvalue weighted by atomic mass is 32.1. The fraction of sp³-hybridized carbons (Fsp3) is 0.353. The standard InChI is InChI=1S/C17H18N4S/c1-13-19-16(20-9-5-6-10-20)15(11-18)17(22)21(13)12-14-7-3-2-4-8-14/h2-4,7-8H,5-6,9-10,12H2,1H3. The van der Waals surface area contributed by atoms with Crippen LogP contribution < -0.4 is 4.90 Å². The summed E-state index contributed by atoms with van der Waals surface area (Å²) in [6.07, 6.45) is 2.30. The van der Waals surface area contributed by atoms with Gasteiger partial charge in [0, 0.05) is 13.1 Å². The second-order valence-corrected chi connectivity index (χ2v) is 5.93. The summed E-state index contributed by atoms with van der Waals surface area (Å²) in [5.74, 6) is 1.61. The van der Waals surface area contributed by atoms with Crippen molar-refractivity contribution >= 4 is 18.0 Å². The molecule has 0 spiro atoms. The molecule has 112 valence electrons. The maximum Gasteiger partial charge on any atom is 0.151 e. The Labute approximate surface area is 135 Å². The third-order valence-electron chi connectivity index (χ3n) is 4.04. The van der Waals surface area contributed by atoms with Crippen molar-refractivity contribution in [1.29, 1.82) is 5.26 Å². The van der Waals surface area contributed by atoms with E-state index in [0.29, 0.717) is 16.7 Å². The number of benzene rings is 1. The van der Waals surface area contributed by atoms with E-state index in [2.05, 4.69) is 28.1 Å². The Hall–Kier alpha value is -2.19. The summed E-state index contributed by atoms with van der Waals surface area (Å²) < 4.78 is 2.53. The quantitative estimate of drug-likeness (QED) is 0.815. The van der Waals surface area contributed by atoms with Crippen molar-refractivity contribution in [2.24, 2.45) is 0 Å². The van der Waals surface area contributed by atoms with Crippen LogP contribution in [0.3, 0.4) is 0 Å². The van der Waals surface area contributed by atoms with Crippen LogP contribution in [0, 0.1) is 22.9 Å². The molecule has 0 unspecified atom stereocenters. The van der Waals surface area contributed by atoms with Crippen LogP contribution in [0.2, 0.25) is 0 Å². The van der Waals surface area contributed by atoms with Gasteiger partial charge < -0.3 is 9.47 Å². The lowest BCUT2D eigenvalue weighted by molar-refractivity contribution is 0.709. The van der Waals surface area contributed by atoms with E-state index in [0.717, 1.165) is 43.1 Å². The van der Waals surface area contributed by atoms with Gasteiger partial charge in [0.2, 0.25) is 0 Å². The van der Waals surface area contributed by atoms with E-state index in [1.54, 1.807) is 0 Å². The van der Waals surface area contributed by atoms with Crippen molar-refractivity contribution in [3.8, 4) is 6.07 Å². The minimum absolute atomic E-state index is 0.526. The van der Waals surface area contributed by atoms with Crippen LogP contribution in [0.25, 0.3) is 0 Å². The van der Waals surface area contributed by atoms with E-state index >= 15 is 0 Å². The third-order valence-corrected chi connectivity index (χ3v) is 4.47. The van der Waals surface area contributed by atoms with Crippen LogP contribution in [0.5, 0.6) is 0 Å². The van der Waals surface area contributed by atoms with Crippen molar-refractivity contribution in [2.75, 3.05) is 18.0 Å². The maximum absolute atomic E-state index is 9.54. The summed E-state index contributed by atoms with van der Waals surface area (Å²) in [5, 5.41) is 9.54. The highest BCUT2D eigenvalue weighted by Gasteiger charge is 2.20. The van der Waals surface area contributed by atoms with Crippen molar-refractivity contribution in [2.45, 2.75) is 26.3 Å². The molecule has 2 heterocycles. The van der Waals surface area contributed by atoms with E-state index < -0.39 is 0 Å². The van der Waals surface area contributed by atoms with Gasteiger partial charge in [-0.1, -0.05) is 42.5 Å². The molecule has 22 heavy (non-hydrogen) atoms. The molecule has 1 saturated heterocycles. The number of nitrogens with zero attached hydrogens (tertiary/aromatic N) is 4. The van der Waals surface area contributed by atoms with Crippen LogP contribution in [0.15, 0.2) is 30.3 Å². The number of anilines is 1. The molecule has 2 aromatic rings. The van der Waals surface area contributed by atoms with E-state index in [1.165, 1.54) is 0 Å². The predicted octanol–water partition coefficient (Wildman–Crippen LogP) is 3.44. The lowest BCUT2D eigenvalue weighted by atomic mass is 10.2. The number of hydrogen-bond acceptors (Lipinski definition) is 4. The number of hydrogen-bond donors (Lipinski definition) is 0. The molecule has 0 atom stereocenters. The zero-order chi connectivity index (χ0) is 15.5. The van der Waals surface area contributed by atoms with Crippen molar-refractivity contribution < 1.29 is 0 Å². The first-order chi connectivity index (χ1) is 10.7. The minimum Gasteiger partial charge on any atom is -0.355 e. The Balaban J connectivity index is 2.05. The summed E-state index contributed by atoms with van der Waals surface area (Å²) in [6.45, 7) is 4.52. The molecule has 1 aromatic heterocycles. The molecule has 1 aliphatic rings. The van der Waals surface area contributed by atoms with Crippen LogP contribution in [0.1, 0.15) is 29.8 Å². The van der Waals surface area contributed by atoms with Gasteiger partial charge in [0.1, 0.15) is 22.1 Å². The molecule has 0 N–H and O–H groups in total. The molecule has 1 aliphatic heterocycles. The van der Waals surface area contributed by atoms with Gasteiger partial charge in [0.05, 0.1) is 6.54 Å². The Morgan fingerprint density at radius 1 is 1.23 bits per heavy atom. The number of aryl methyl sites for hydroxylation is 1. The molecule has 0 amide bonds. The molecule has 1 aromatic carbocycles. The van der Waals surface area contributed by atoms with Crippen molar-refractivity contribution in [1.82, 2.24) is 9.55 Å². The summed E-state index contributed by atoms with van der Waals surface area (Å²) in [4.78, 5) is 6.86. The molecule has 0 aliphatic carbocycles. The Morgan fingerprint density at radius 2 is 1.91 bits per heavy atom. The first-order valence-electron chi connectivity index (χ1n) is 7.51. The molecule has 5 heteroatoms. The highest BCUT2D eigenvalue weighted by molar-refractivity contribution is 7.71. The monoisotopic (exact) mass is 310 g/mol. The van der Waals surface area contributed by atoms with Gasteiger partial charge in [0.25, 0.3) is 0 Å². The Bertz CT molecular complexity index is 768. The summed E-state index contributed by atoms with van der Waals surface area (Å²) >= 11 is 5.57. The average molecular weight is 310 g/mol. The first-order valence-corrected chi connectivity index (χ1v) is 7.92. The highest BCUT2D eigenvalue weighted by Crippen LogP contribution is 2.24. The van der Waals surface area contributed by atoms with Gasteiger partial charge in [-0.15, -0.1) is 0 Å². The van der Waals surface area contributed by atoms with Gasteiger partial charge in [-0.25, -0.2) is 4.98 Å². The van der Waals surface area contributed by atoms with Gasteiger partial charge in [-0.3, -0.25) is 0 Å². The number of nitriles is 1. The molecule has 4 nitrogen and oxygen atoms in total. The van der Waals surface area contributed by atoms with Crippen molar-refractivity contribution in [3.05, 3.63) is 51.9 Å². The molecule has 3 rings (SSSR count). The summed E-state index contributed by atoms with van der Waals surface area (Å²) in [7, 11) is 0. The number of rotatable bonds is 3. The van der Waals surface area contributed by atoms with Gasteiger partial charge >= 0.3 is 0 Å². The normalized spacial score (nSPS) is 14.1. The smallest absolute Gasteiger partial charge is 0.151 e. The predicted molar refractivity (Wildman–Crippen MR) is 89.5 cm³/mol. The maximum atomic E-state index is 9.54. The first kappa shape index (κ1) is 14.7. The average Bonchev–Trinajstić information content (AvgIpc) is 3.06. The minimum atomic E-state index is 0.526. The molecule has 0 radical (unpaired) electrons. The van der Waals surface area contributed by atoms with E-state index in [4.69, 9.17) is 12.2 Å². The zero-order valence-corrected chi connectivity index (χ0v) is 13.4. The molecule has 0 bridgehead atoms. The van der Waals surface area contributed by atoms with E-state index in [9.17, 15) is 5.26 Å². The van der Waals surface area contributed by atoms with Gasteiger partial charge in [-0.05, 0) is 25.3 Å². The zero-order valence-electron chi connectivity index (χ0n) is 12.6. The topological polar surface area (TPSA) is 44.9 Å². The van der Waals surface area contributed by atoms with Gasteiger partial charge in [0.15, 0.2) is 5.82 Å². The molecular weight excluding hydrogens is 292 g/mol. The van der Waals surface area contributed by atoms with Crippen molar-refractivity contribution in [3.63, 3.8) is 0 Å². The Morgan fingerprint density at radius 3 is 2.55 bits per heavy atom. The summed E-state index contributed by atoms with van der Waals surface area (Å²) in [5.41, 5.74) is 1.68. The SMILES string of the molecule is Cc1nc(N2CCCC2)c(C#N)c(=S)n1Cc1ccccc1. The lowest BCUT2D eigenvalue weighted by Crippen LogP contribution is -2.23. The molecule has 1 fully saturated rings. The van der Waals surface area contributed by atoms with Crippen LogP contribution in [0.4, 0.5) is 5.82 Å². The fourth-order valence-corrected chi connectivity index (χ4v) is 3.19. The second-order valence-electron chi connectivity index (χ2n) is 5.54. The largest absolute Gasteiger partial charge is 0.355 e. The third kappa shape index (κ3) is 2.75. The van der Waals surface area contributed by atoms with Crippen LogP contribution in [-0.4, -0.2) is 22.6 Å². The Kier molecular flexibility index (Phi) is 4.21. The molecular formula is C17H18N4S. The van der Waals surface area contributed by atoms with E-state index in [-0.39, 0.29) is 0 Å². The van der Waals surface area contributed by atoms with Gasteiger partial charge in [-0.2, -0.15) is 5.26 Å². The molecule has 0 saturated carbocycles. The van der Waals surface area contributed by atoms with E-state index in [1.807, 2.05) is 29.7 Å². The van der Waals surface area contributed by atoms with Crippen LogP contribution >= 0.6 is 12.2 Å². The van der Waals surface area contributed by atoms with Crippen LogP contribution in [-0.2, 0) is 6.54 Å². The fourth-order valence-electron chi connectivity index (χ4n) is 2.85. The summed E-state index contributed by atoms with van der Waals surface area (Å²) in [6, 6.07) is 12.4.